The van der Waals surface area contributed by atoms with Crippen LogP contribution in [0.25, 0.3) is 22.6 Å². The molecular formula is C24H20ClFN2O2. The lowest BCUT2D eigenvalue weighted by atomic mass is 9.87. The predicted octanol–water partition coefficient (Wildman–Crippen LogP) is 6.84. The van der Waals surface area contributed by atoms with Crippen LogP contribution in [-0.2, 0) is 5.41 Å². The van der Waals surface area contributed by atoms with E-state index in [0.29, 0.717) is 27.9 Å². The van der Waals surface area contributed by atoms with E-state index in [4.69, 9.17) is 16.0 Å². The van der Waals surface area contributed by atoms with E-state index in [1.807, 2.05) is 24.3 Å². The maximum Gasteiger partial charge on any atom is 0.255 e. The Morgan fingerprint density at radius 1 is 1.03 bits per heavy atom. The minimum atomic E-state index is -0.430. The van der Waals surface area contributed by atoms with E-state index in [9.17, 15) is 9.18 Å². The Bertz CT molecular complexity index is 1240. The number of oxazole rings is 1. The lowest BCUT2D eigenvalue weighted by Crippen LogP contribution is -2.14. The molecule has 1 N–H and O–H groups in total. The highest BCUT2D eigenvalue weighted by atomic mass is 35.5. The average molecular weight is 423 g/mol. The first-order valence-corrected chi connectivity index (χ1v) is 9.86. The van der Waals surface area contributed by atoms with E-state index in [2.05, 4.69) is 31.1 Å². The van der Waals surface area contributed by atoms with Gasteiger partial charge in [-0.25, -0.2) is 9.37 Å². The first kappa shape index (κ1) is 20.1. The molecule has 4 aromatic rings. The molecule has 0 saturated carbocycles. The number of nitrogens with zero attached hydrogens (tertiary/aromatic N) is 1. The standard InChI is InChI=1S/C24H20ClFN2O2/c1-24(2,3)15-6-4-14(5-7-15)22(29)27-17-9-11-21-20(13-17)28-23(30-21)18-10-8-16(26)12-19(18)25/h4-13H,1-3H3,(H,27,29). The summed E-state index contributed by atoms with van der Waals surface area (Å²) in [6.45, 7) is 6.38. The number of benzene rings is 3. The number of hydrogen-bond acceptors (Lipinski definition) is 3. The number of anilines is 1. The highest BCUT2D eigenvalue weighted by Crippen LogP contribution is 2.31. The smallest absolute Gasteiger partial charge is 0.255 e. The molecule has 30 heavy (non-hydrogen) atoms. The van der Waals surface area contributed by atoms with Crippen LogP contribution in [0.15, 0.2) is 65.1 Å². The van der Waals surface area contributed by atoms with Crippen molar-refractivity contribution in [2.75, 3.05) is 5.32 Å². The molecule has 4 rings (SSSR count). The van der Waals surface area contributed by atoms with Crippen molar-refractivity contribution in [2.24, 2.45) is 0 Å². The number of amides is 1. The minimum Gasteiger partial charge on any atom is -0.436 e. The fourth-order valence-corrected chi connectivity index (χ4v) is 3.36. The lowest BCUT2D eigenvalue weighted by molar-refractivity contribution is 0.102. The third-order valence-corrected chi connectivity index (χ3v) is 5.13. The van der Waals surface area contributed by atoms with Gasteiger partial charge in [-0.1, -0.05) is 44.5 Å². The molecule has 152 valence electrons. The fourth-order valence-electron chi connectivity index (χ4n) is 3.11. The summed E-state index contributed by atoms with van der Waals surface area (Å²) in [5, 5.41) is 3.10. The molecule has 0 aliphatic rings. The number of nitrogens with one attached hydrogen (secondary N) is 1. The number of halogens is 2. The number of carbonyl (C=O) groups excluding carboxylic acids is 1. The molecular weight excluding hydrogens is 403 g/mol. The highest BCUT2D eigenvalue weighted by molar-refractivity contribution is 6.33. The van der Waals surface area contributed by atoms with Gasteiger partial charge in [-0.15, -0.1) is 0 Å². The van der Waals surface area contributed by atoms with Crippen LogP contribution in [0.1, 0.15) is 36.7 Å². The minimum absolute atomic E-state index is 0.0259. The highest BCUT2D eigenvalue weighted by Gasteiger charge is 2.16. The van der Waals surface area contributed by atoms with Gasteiger partial charge in [-0.05, 0) is 59.5 Å². The molecule has 3 aromatic carbocycles. The quantitative estimate of drug-likeness (QED) is 0.393. The van der Waals surface area contributed by atoms with Gasteiger partial charge < -0.3 is 9.73 Å². The van der Waals surface area contributed by atoms with Crippen molar-refractivity contribution in [1.29, 1.82) is 0 Å². The van der Waals surface area contributed by atoms with E-state index in [1.165, 1.54) is 18.2 Å². The molecule has 0 atom stereocenters. The average Bonchev–Trinajstić information content (AvgIpc) is 3.10. The molecule has 0 radical (unpaired) electrons. The summed E-state index contributed by atoms with van der Waals surface area (Å²) in [6.07, 6.45) is 0. The summed E-state index contributed by atoms with van der Waals surface area (Å²) < 4.78 is 19.0. The number of aromatic nitrogens is 1. The summed E-state index contributed by atoms with van der Waals surface area (Å²) in [7, 11) is 0. The van der Waals surface area contributed by atoms with E-state index in [1.54, 1.807) is 18.2 Å². The zero-order valence-corrected chi connectivity index (χ0v) is 17.5. The summed E-state index contributed by atoms with van der Waals surface area (Å²) in [5.41, 5.74) is 3.95. The Balaban J connectivity index is 1.57. The third-order valence-electron chi connectivity index (χ3n) is 4.82. The van der Waals surface area contributed by atoms with Gasteiger partial charge in [0.1, 0.15) is 11.3 Å². The molecule has 0 fully saturated rings. The lowest BCUT2D eigenvalue weighted by Gasteiger charge is -2.19. The molecule has 0 aliphatic heterocycles. The van der Waals surface area contributed by atoms with Crippen molar-refractivity contribution < 1.29 is 13.6 Å². The predicted molar refractivity (Wildman–Crippen MR) is 118 cm³/mol. The van der Waals surface area contributed by atoms with Crippen molar-refractivity contribution >= 4 is 34.3 Å². The van der Waals surface area contributed by atoms with E-state index in [-0.39, 0.29) is 22.2 Å². The number of fused-ring (bicyclic) bond motifs is 1. The zero-order chi connectivity index (χ0) is 21.5. The summed E-state index contributed by atoms with van der Waals surface area (Å²) in [6, 6.07) is 16.8. The van der Waals surface area contributed by atoms with Crippen LogP contribution in [0.2, 0.25) is 5.02 Å². The van der Waals surface area contributed by atoms with Gasteiger partial charge in [0.2, 0.25) is 5.89 Å². The summed E-state index contributed by atoms with van der Waals surface area (Å²) in [5.74, 6) is -0.350. The van der Waals surface area contributed by atoms with Crippen LogP contribution in [0.5, 0.6) is 0 Å². The molecule has 0 bridgehead atoms. The Hall–Kier alpha value is -3.18. The van der Waals surface area contributed by atoms with Crippen LogP contribution >= 0.6 is 11.6 Å². The van der Waals surface area contributed by atoms with Crippen molar-refractivity contribution in [3.63, 3.8) is 0 Å². The third kappa shape index (κ3) is 4.07. The van der Waals surface area contributed by atoms with Crippen molar-refractivity contribution in [2.45, 2.75) is 26.2 Å². The number of hydrogen-bond donors (Lipinski definition) is 1. The van der Waals surface area contributed by atoms with Gasteiger partial charge in [0, 0.05) is 11.3 Å². The van der Waals surface area contributed by atoms with Crippen molar-refractivity contribution in [3.05, 3.63) is 82.6 Å². The van der Waals surface area contributed by atoms with E-state index >= 15 is 0 Å². The summed E-state index contributed by atoms with van der Waals surface area (Å²) >= 11 is 6.10. The van der Waals surface area contributed by atoms with Crippen LogP contribution in [-0.4, -0.2) is 10.9 Å². The Morgan fingerprint density at radius 2 is 1.77 bits per heavy atom. The van der Waals surface area contributed by atoms with E-state index < -0.39 is 5.82 Å². The first-order valence-electron chi connectivity index (χ1n) is 9.48. The van der Waals surface area contributed by atoms with E-state index in [0.717, 1.165) is 5.56 Å². The van der Waals surface area contributed by atoms with Gasteiger partial charge in [0.15, 0.2) is 5.58 Å². The molecule has 4 nitrogen and oxygen atoms in total. The maximum absolute atomic E-state index is 13.3. The largest absolute Gasteiger partial charge is 0.436 e. The number of rotatable bonds is 3. The molecule has 1 amide bonds. The Kier molecular flexibility index (Phi) is 5.08. The van der Waals surface area contributed by atoms with Crippen LogP contribution in [0.3, 0.4) is 0 Å². The molecule has 0 saturated heterocycles. The molecule has 1 aromatic heterocycles. The monoisotopic (exact) mass is 422 g/mol. The second kappa shape index (κ2) is 7.58. The molecule has 0 unspecified atom stereocenters. The van der Waals surface area contributed by atoms with Gasteiger partial charge in [-0.3, -0.25) is 4.79 Å². The van der Waals surface area contributed by atoms with Crippen LogP contribution in [0, 0.1) is 5.82 Å². The normalized spacial score (nSPS) is 11.6. The summed E-state index contributed by atoms with van der Waals surface area (Å²) in [4.78, 5) is 17.0. The van der Waals surface area contributed by atoms with Gasteiger partial charge >= 0.3 is 0 Å². The molecule has 6 heteroatoms. The van der Waals surface area contributed by atoms with Crippen molar-refractivity contribution in [1.82, 2.24) is 4.98 Å². The van der Waals surface area contributed by atoms with Gasteiger partial charge in [0.25, 0.3) is 5.91 Å². The van der Waals surface area contributed by atoms with Crippen LogP contribution in [0.4, 0.5) is 10.1 Å². The van der Waals surface area contributed by atoms with Gasteiger partial charge in [-0.2, -0.15) is 0 Å². The second-order valence-corrected chi connectivity index (χ2v) is 8.51. The van der Waals surface area contributed by atoms with Gasteiger partial charge in [0.05, 0.1) is 10.6 Å². The van der Waals surface area contributed by atoms with Crippen LogP contribution < -0.4 is 5.32 Å². The topological polar surface area (TPSA) is 55.1 Å². The molecule has 0 spiro atoms. The SMILES string of the molecule is CC(C)(C)c1ccc(C(=O)Nc2ccc3oc(-c4ccc(F)cc4Cl)nc3c2)cc1. The van der Waals surface area contributed by atoms with Crippen molar-refractivity contribution in [3.8, 4) is 11.5 Å². The second-order valence-electron chi connectivity index (χ2n) is 8.11. The number of carbonyl (C=O) groups is 1. The fraction of sp³-hybridized carbons (Fsp3) is 0.167. The Labute approximate surface area is 178 Å². The maximum atomic E-state index is 13.3. The first-order chi connectivity index (χ1) is 14.2. The molecule has 0 aliphatic carbocycles. The Morgan fingerprint density at radius 3 is 2.43 bits per heavy atom. The molecule has 1 heterocycles. The zero-order valence-electron chi connectivity index (χ0n) is 16.8.